The van der Waals surface area contributed by atoms with E-state index >= 15 is 0 Å². The van der Waals surface area contributed by atoms with Gasteiger partial charge in [-0.2, -0.15) is 0 Å². The van der Waals surface area contributed by atoms with Gasteiger partial charge in [0, 0.05) is 37.5 Å². The van der Waals surface area contributed by atoms with E-state index in [4.69, 9.17) is 9.97 Å². The van der Waals surface area contributed by atoms with E-state index in [1.807, 2.05) is 32.3 Å². The number of fused-ring (bicyclic) bond motifs is 2. The average Bonchev–Trinajstić information content (AvgIpc) is 3.22. The molecule has 3 aromatic heterocycles. The molecule has 7 nitrogen and oxygen atoms in total. The van der Waals surface area contributed by atoms with E-state index < -0.39 is 0 Å². The van der Waals surface area contributed by atoms with Gasteiger partial charge in [-0.15, -0.1) is 0 Å². The van der Waals surface area contributed by atoms with Crippen LogP contribution in [-0.4, -0.2) is 45.8 Å². The van der Waals surface area contributed by atoms with E-state index in [1.165, 1.54) is 28.6 Å². The van der Waals surface area contributed by atoms with E-state index in [0.717, 1.165) is 64.3 Å². The Balaban J connectivity index is 0.00000104. The van der Waals surface area contributed by atoms with E-state index in [0.29, 0.717) is 12.5 Å². The first kappa shape index (κ1) is 24.3. The Labute approximate surface area is 218 Å². The van der Waals surface area contributed by atoms with E-state index in [9.17, 15) is 0 Å². The predicted molar refractivity (Wildman–Crippen MR) is 152 cm³/mol. The topological polar surface area (TPSA) is 82.1 Å². The van der Waals surface area contributed by atoms with Crippen molar-refractivity contribution in [2.45, 2.75) is 50.6 Å². The van der Waals surface area contributed by atoms with Gasteiger partial charge in [-0.25, -0.2) is 15.0 Å². The SMILES string of the molecule is CC.CCc1[nH]c2nc(Sc3cnc4c(c3)N=CCN4)nc(N3CC(Cc4ccccc4)C3)c2c1C.[HH]. The molecule has 1 fully saturated rings. The summed E-state index contributed by atoms with van der Waals surface area (Å²) in [6.07, 6.45) is 5.78. The van der Waals surface area contributed by atoms with Crippen LogP contribution in [0.2, 0.25) is 0 Å². The van der Waals surface area contributed by atoms with E-state index in [1.54, 1.807) is 0 Å². The largest absolute Gasteiger partial charge is 0.363 e. The Hall–Kier alpha value is -3.39. The fraction of sp³-hybridized carbons (Fsp3) is 0.357. The Morgan fingerprint density at radius 2 is 1.94 bits per heavy atom. The van der Waals surface area contributed by atoms with Crippen molar-refractivity contribution in [3.63, 3.8) is 0 Å². The smallest absolute Gasteiger partial charge is 0.196 e. The van der Waals surface area contributed by atoms with Crippen LogP contribution >= 0.6 is 11.8 Å². The molecule has 1 saturated heterocycles. The van der Waals surface area contributed by atoms with Crippen molar-refractivity contribution in [2.24, 2.45) is 10.9 Å². The molecule has 4 aromatic rings. The maximum absolute atomic E-state index is 5.06. The Morgan fingerprint density at radius 1 is 1.14 bits per heavy atom. The fourth-order valence-electron chi connectivity index (χ4n) is 4.82. The lowest BCUT2D eigenvalue weighted by molar-refractivity contribution is 0.405. The molecule has 0 bridgehead atoms. The van der Waals surface area contributed by atoms with Crippen molar-refractivity contribution in [3.05, 3.63) is 59.4 Å². The van der Waals surface area contributed by atoms with Gasteiger partial charge >= 0.3 is 0 Å². The number of nitrogens with one attached hydrogen (secondary N) is 2. The molecular weight excluding hydrogens is 466 g/mol. The number of nitrogens with zero attached hydrogens (tertiary/aromatic N) is 5. The van der Waals surface area contributed by atoms with Gasteiger partial charge in [0.2, 0.25) is 0 Å². The van der Waals surface area contributed by atoms with Gasteiger partial charge in [0.25, 0.3) is 0 Å². The molecule has 5 heterocycles. The summed E-state index contributed by atoms with van der Waals surface area (Å²) >= 11 is 1.53. The van der Waals surface area contributed by atoms with E-state index in [2.05, 4.69) is 69.4 Å². The van der Waals surface area contributed by atoms with Crippen LogP contribution in [0.4, 0.5) is 17.3 Å². The normalized spacial score (nSPS) is 14.6. The molecule has 0 saturated carbocycles. The number of benzene rings is 1. The van der Waals surface area contributed by atoms with Crippen LogP contribution in [-0.2, 0) is 12.8 Å². The minimum absolute atomic E-state index is 0. The van der Waals surface area contributed by atoms with Gasteiger partial charge in [-0.1, -0.05) is 51.1 Å². The summed E-state index contributed by atoms with van der Waals surface area (Å²) in [5, 5.41) is 5.12. The van der Waals surface area contributed by atoms with E-state index in [-0.39, 0.29) is 1.43 Å². The number of aliphatic imine (C=N–C) groups is 1. The molecule has 0 amide bonds. The predicted octanol–water partition coefficient (Wildman–Crippen LogP) is 6.45. The lowest BCUT2D eigenvalue weighted by Gasteiger charge is -2.40. The summed E-state index contributed by atoms with van der Waals surface area (Å²) in [6, 6.07) is 12.8. The molecule has 36 heavy (non-hydrogen) atoms. The highest BCUT2D eigenvalue weighted by molar-refractivity contribution is 7.99. The van der Waals surface area contributed by atoms with Crippen molar-refractivity contribution in [1.29, 1.82) is 0 Å². The number of H-pyrrole nitrogens is 1. The molecule has 0 radical (unpaired) electrons. The van der Waals surface area contributed by atoms with Crippen LogP contribution < -0.4 is 10.2 Å². The number of hydrogen-bond donors (Lipinski definition) is 2. The van der Waals surface area contributed by atoms with Crippen LogP contribution in [0.1, 0.15) is 39.0 Å². The van der Waals surface area contributed by atoms with Gasteiger partial charge in [0.15, 0.2) is 11.0 Å². The van der Waals surface area contributed by atoms with Crippen LogP contribution in [0.3, 0.4) is 0 Å². The second-order valence-corrected chi connectivity index (χ2v) is 9.97. The molecule has 0 unspecified atom stereocenters. The fourth-order valence-corrected chi connectivity index (χ4v) is 5.57. The first-order valence-electron chi connectivity index (χ1n) is 12.8. The van der Waals surface area contributed by atoms with Crippen molar-refractivity contribution in [2.75, 3.05) is 29.9 Å². The van der Waals surface area contributed by atoms with Crippen molar-refractivity contribution >= 4 is 46.3 Å². The summed E-state index contributed by atoms with van der Waals surface area (Å²) in [5.41, 5.74) is 5.66. The number of aromatic amines is 1. The monoisotopic (exact) mass is 501 g/mol. The average molecular weight is 502 g/mol. The molecule has 0 spiro atoms. The molecule has 6 rings (SSSR count). The van der Waals surface area contributed by atoms with Crippen LogP contribution in [0.5, 0.6) is 0 Å². The molecule has 0 atom stereocenters. The second kappa shape index (κ2) is 10.7. The van der Waals surface area contributed by atoms with Gasteiger partial charge in [0.1, 0.15) is 17.2 Å². The lowest BCUT2D eigenvalue weighted by atomic mass is 9.92. The summed E-state index contributed by atoms with van der Waals surface area (Å²) in [7, 11) is 0. The third kappa shape index (κ3) is 4.82. The Kier molecular flexibility index (Phi) is 7.23. The number of aromatic nitrogens is 4. The van der Waals surface area contributed by atoms with Crippen LogP contribution in [0, 0.1) is 12.8 Å². The number of anilines is 2. The second-order valence-electron chi connectivity index (χ2n) is 8.93. The van der Waals surface area contributed by atoms with Gasteiger partial charge in [-0.05, 0) is 54.6 Å². The highest BCUT2D eigenvalue weighted by Gasteiger charge is 2.31. The zero-order chi connectivity index (χ0) is 25.1. The van der Waals surface area contributed by atoms with Crippen LogP contribution in [0.15, 0.2) is 57.6 Å². The first-order valence-corrected chi connectivity index (χ1v) is 13.6. The van der Waals surface area contributed by atoms with Crippen LogP contribution in [0.25, 0.3) is 11.0 Å². The summed E-state index contributed by atoms with van der Waals surface area (Å²) in [4.78, 5) is 25.9. The summed E-state index contributed by atoms with van der Waals surface area (Å²) in [6.45, 7) is 11.1. The molecule has 2 aliphatic rings. The first-order chi connectivity index (χ1) is 17.7. The number of rotatable bonds is 6. The molecular formula is C28H35N7S. The van der Waals surface area contributed by atoms with Gasteiger partial charge < -0.3 is 15.2 Å². The number of aryl methyl sites for hydroxylation is 2. The Bertz CT molecular complexity index is 1380. The molecule has 2 N–H and O–H groups in total. The quantitative estimate of drug-likeness (QED) is 0.295. The summed E-state index contributed by atoms with van der Waals surface area (Å²) < 4.78 is 0. The zero-order valence-electron chi connectivity index (χ0n) is 21.4. The molecule has 2 aliphatic heterocycles. The third-order valence-electron chi connectivity index (χ3n) is 6.59. The van der Waals surface area contributed by atoms with Crippen molar-refractivity contribution in [1.82, 2.24) is 19.9 Å². The number of pyridine rings is 1. The minimum Gasteiger partial charge on any atom is -0.363 e. The molecule has 8 heteroatoms. The Morgan fingerprint density at radius 3 is 2.72 bits per heavy atom. The lowest BCUT2D eigenvalue weighted by Crippen LogP contribution is -2.48. The third-order valence-corrected chi connectivity index (χ3v) is 7.41. The molecule has 0 aliphatic carbocycles. The zero-order valence-corrected chi connectivity index (χ0v) is 22.2. The van der Waals surface area contributed by atoms with Crippen molar-refractivity contribution < 1.29 is 1.43 Å². The number of hydrogen-bond acceptors (Lipinski definition) is 7. The summed E-state index contributed by atoms with van der Waals surface area (Å²) in [5.74, 6) is 2.50. The van der Waals surface area contributed by atoms with Crippen molar-refractivity contribution in [3.8, 4) is 0 Å². The highest BCUT2D eigenvalue weighted by atomic mass is 32.2. The van der Waals surface area contributed by atoms with Gasteiger partial charge in [0.05, 0.1) is 11.9 Å². The molecule has 188 valence electrons. The highest BCUT2D eigenvalue weighted by Crippen LogP contribution is 2.38. The standard InChI is InChI=1S/C26H27N7S.C2H6.H2/c1-3-20-16(2)22-24(30-20)31-26(34-19-12-21-23(29-13-19)28-10-9-27-21)32-25(22)33-14-18(15-33)11-17-7-5-4-6-8-17;1-2;/h4-9,12-13,18H,3,10-11,14-15H2,1-2H3,(H,28,29)(H,30,31,32);1-2H3;1H. The van der Waals surface area contributed by atoms with Gasteiger partial charge in [-0.3, -0.25) is 4.99 Å². The maximum Gasteiger partial charge on any atom is 0.196 e. The maximum atomic E-state index is 5.06. The minimum atomic E-state index is 0. The molecule has 1 aromatic carbocycles.